The van der Waals surface area contributed by atoms with Gasteiger partial charge in [0.1, 0.15) is 5.56 Å². The number of amides is 1. The Kier molecular flexibility index (Phi) is 4.20. The minimum Gasteiger partial charge on any atom is -0.478 e. The highest BCUT2D eigenvalue weighted by Gasteiger charge is 2.21. The molecule has 0 unspecified atom stereocenters. The lowest BCUT2D eigenvalue weighted by molar-refractivity contribution is 0.0698. The van der Waals surface area contributed by atoms with E-state index in [0.717, 1.165) is 0 Å². The Morgan fingerprint density at radius 1 is 1.29 bits per heavy atom. The topological polar surface area (TPSA) is 84.2 Å². The Bertz CT molecular complexity index is 741. The zero-order valence-corrected chi connectivity index (χ0v) is 12.7. The molecule has 0 radical (unpaired) electrons. The highest BCUT2D eigenvalue weighted by molar-refractivity contribution is 6.38. The highest BCUT2D eigenvalue weighted by Crippen LogP contribution is 2.32. The highest BCUT2D eigenvalue weighted by atomic mass is 35.5. The minimum atomic E-state index is -1.28. The zero-order valence-electron chi connectivity index (χ0n) is 11.1. The summed E-state index contributed by atoms with van der Waals surface area (Å²) in [5, 5.41) is 15.7. The van der Waals surface area contributed by atoms with E-state index in [2.05, 4.69) is 10.4 Å². The summed E-state index contributed by atoms with van der Waals surface area (Å²) in [6.45, 7) is 1.72. The first-order valence-corrected chi connectivity index (χ1v) is 6.59. The monoisotopic (exact) mass is 327 g/mol. The molecular formula is C13H11Cl2N3O3. The van der Waals surface area contributed by atoms with Crippen molar-refractivity contribution in [3.05, 3.63) is 45.2 Å². The summed E-state index contributed by atoms with van der Waals surface area (Å²) < 4.78 is 1.53. The SMILES string of the molecule is Cc1c(C(=O)Nc2c(Cl)ccc(Cl)c2C(=O)O)cnn1C. The van der Waals surface area contributed by atoms with E-state index in [1.807, 2.05) is 0 Å². The number of carbonyl (C=O) groups is 2. The van der Waals surface area contributed by atoms with Crippen LogP contribution in [0.4, 0.5) is 5.69 Å². The third kappa shape index (κ3) is 2.86. The predicted molar refractivity (Wildman–Crippen MR) is 79.3 cm³/mol. The van der Waals surface area contributed by atoms with E-state index in [1.165, 1.54) is 23.0 Å². The van der Waals surface area contributed by atoms with E-state index in [0.29, 0.717) is 11.3 Å². The molecule has 2 aromatic rings. The van der Waals surface area contributed by atoms with Crippen LogP contribution in [0.5, 0.6) is 0 Å². The van der Waals surface area contributed by atoms with Gasteiger partial charge in [-0.25, -0.2) is 4.79 Å². The smallest absolute Gasteiger partial charge is 0.339 e. The van der Waals surface area contributed by atoms with Crippen molar-refractivity contribution in [2.24, 2.45) is 7.05 Å². The Balaban J connectivity index is 2.44. The quantitative estimate of drug-likeness (QED) is 0.907. The number of anilines is 1. The number of benzene rings is 1. The van der Waals surface area contributed by atoms with Gasteiger partial charge in [-0.15, -0.1) is 0 Å². The molecule has 0 aliphatic carbocycles. The fourth-order valence-electron chi connectivity index (χ4n) is 1.79. The number of nitrogens with one attached hydrogen (secondary N) is 1. The molecule has 21 heavy (non-hydrogen) atoms. The number of carboxylic acid groups (broad SMARTS) is 1. The predicted octanol–water partition coefficient (Wildman–Crippen LogP) is 2.99. The first-order valence-electron chi connectivity index (χ1n) is 5.84. The van der Waals surface area contributed by atoms with Crippen LogP contribution < -0.4 is 5.32 Å². The van der Waals surface area contributed by atoms with Crippen molar-refractivity contribution in [1.29, 1.82) is 0 Å². The van der Waals surface area contributed by atoms with Crippen LogP contribution in [0.25, 0.3) is 0 Å². The van der Waals surface area contributed by atoms with Crippen LogP contribution in [0.2, 0.25) is 10.0 Å². The van der Waals surface area contributed by atoms with E-state index in [4.69, 9.17) is 23.2 Å². The maximum atomic E-state index is 12.2. The molecule has 6 nitrogen and oxygen atoms in total. The van der Waals surface area contributed by atoms with Crippen molar-refractivity contribution in [3.63, 3.8) is 0 Å². The lowest BCUT2D eigenvalue weighted by Crippen LogP contribution is -2.16. The van der Waals surface area contributed by atoms with Crippen molar-refractivity contribution in [1.82, 2.24) is 9.78 Å². The van der Waals surface area contributed by atoms with Gasteiger partial charge in [-0.3, -0.25) is 9.48 Å². The van der Waals surface area contributed by atoms with Gasteiger partial charge in [0.15, 0.2) is 0 Å². The third-order valence-corrected chi connectivity index (χ3v) is 3.67. The molecule has 0 aliphatic rings. The molecule has 0 bridgehead atoms. The summed E-state index contributed by atoms with van der Waals surface area (Å²) in [5.74, 6) is -1.78. The first kappa shape index (κ1) is 15.3. The van der Waals surface area contributed by atoms with Crippen LogP contribution >= 0.6 is 23.2 Å². The van der Waals surface area contributed by atoms with Crippen molar-refractivity contribution < 1.29 is 14.7 Å². The third-order valence-electron chi connectivity index (χ3n) is 3.04. The Labute approximate surface area is 130 Å². The second-order valence-corrected chi connectivity index (χ2v) is 5.12. The normalized spacial score (nSPS) is 10.5. The van der Waals surface area contributed by atoms with Crippen molar-refractivity contribution >= 4 is 40.8 Å². The van der Waals surface area contributed by atoms with Gasteiger partial charge in [-0.1, -0.05) is 23.2 Å². The first-order chi connectivity index (χ1) is 9.82. The summed E-state index contributed by atoms with van der Waals surface area (Å²) >= 11 is 11.8. The molecule has 2 rings (SSSR count). The summed E-state index contributed by atoms with van der Waals surface area (Å²) in [4.78, 5) is 23.5. The van der Waals surface area contributed by atoms with Crippen LogP contribution in [0.3, 0.4) is 0 Å². The Morgan fingerprint density at radius 3 is 2.43 bits per heavy atom. The maximum Gasteiger partial charge on any atom is 0.339 e. The van der Waals surface area contributed by atoms with Gasteiger partial charge in [0, 0.05) is 12.7 Å². The summed E-state index contributed by atoms with van der Waals surface area (Å²) in [5.41, 5.74) is 0.677. The van der Waals surface area contributed by atoms with E-state index >= 15 is 0 Å². The van der Waals surface area contributed by atoms with E-state index in [9.17, 15) is 14.7 Å². The van der Waals surface area contributed by atoms with Crippen molar-refractivity contribution in [2.45, 2.75) is 6.92 Å². The number of aromatic carboxylic acids is 1. The number of hydrogen-bond acceptors (Lipinski definition) is 3. The number of aromatic nitrogens is 2. The fraction of sp³-hybridized carbons (Fsp3) is 0.154. The molecule has 8 heteroatoms. The molecule has 1 aromatic heterocycles. The molecule has 110 valence electrons. The standard InChI is InChI=1S/C13H11Cl2N3O3/c1-6-7(5-16-18(6)2)12(19)17-11-9(15)4-3-8(14)10(11)13(20)21/h3-5H,1-2H3,(H,17,19)(H,20,21). The zero-order chi connectivity index (χ0) is 15.7. The van der Waals surface area contributed by atoms with E-state index in [1.54, 1.807) is 14.0 Å². The number of aryl methyl sites for hydroxylation is 1. The number of carboxylic acids is 1. The molecule has 0 saturated carbocycles. The molecule has 2 N–H and O–H groups in total. The van der Waals surface area contributed by atoms with Gasteiger partial charge in [0.25, 0.3) is 5.91 Å². The van der Waals surface area contributed by atoms with Gasteiger partial charge < -0.3 is 10.4 Å². The molecule has 1 heterocycles. The van der Waals surface area contributed by atoms with Gasteiger partial charge in [0.2, 0.25) is 0 Å². The van der Waals surface area contributed by atoms with Gasteiger partial charge >= 0.3 is 5.97 Å². The fourth-order valence-corrected chi connectivity index (χ4v) is 2.23. The summed E-state index contributed by atoms with van der Waals surface area (Å²) in [7, 11) is 1.70. The summed E-state index contributed by atoms with van der Waals surface area (Å²) in [6, 6.07) is 2.78. The lowest BCUT2D eigenvalue weighted by atomic mass is 10.1. The Hall–Kier alpha value is -2.05. The van der Waals surface area contributed by atoms with Crippen LogP contribution in [0.1, 0.15) is 26.4 Å². The van der Waals surface area contributed by atoms with Crippen LogP contribution in [-0.4, -0.2) is 26.8 Å². The molecule has 0 spiro atoms. The largest absolute Gasteiger partial charge is 0.478 e. The van der Waals surface area contributed by atoms with Gasteiger partial charge in [0.05, 0.1) is 27.5 Å². The molecule has 0 fully saturated rings. The average Bonchev–Trinajstić information content (AvgIpc) is 2.74. The van der Waals surface area contributed by atoms with Crippen LogP contribution in [-0.2, 0) is 7.05 Å². The molecule has 1 aromatic carbocycles. The van der Waals surface area contributed by atoms with E-state index < -0.39 is 11.9 Å². The van der Waals surface area contributed by atoms with E-state index in [-0.39, 0.29) is 21.3 Å². The van der Waals surface area contributed by atoms with Crippen LogP contribution in [0.15, 0.2) is 18.3 Å². The number of nitrogens with zero attached hydrogens (tertiary/aromatic N) is 2. The number of halogens is 2. The Morgan fingerprint density at radius 2 is 1.90 bits per heavy atom. The number of carbonyl (C=O) groups excluding carboxylic acids is 1. The van der Waals surface area contributed by atoms with Crippen molar-refractivity contribution in [2.75, 3.05) is 5.32 Å². The summed E-state index contributed by atoms with van der Waals surface area (Å²) in [6.07, 6.45) is 1.39. The number of rotatable bonds is 3. The number of hydrogen-bond donors (Lipinski definition) is 2. The second kappa shape index (κ2) is 5.75. The van der Waals surface area contributed by atoms with Crippen molar-refractivity contribution in [3.8, 4) is 0 Å². The minimum absolute atomic E-state index is 0.00916. The lowest BCUT2D eigenvalue weighted by Gasteiger charge is -2.11. The van der Waals surface area contributed by atoms with Gasteiger partial charge in [-0.05, 0) is 19.1 Å². The van der Waals surface area contributed by atoms with Gasteiger partial charge in [-0.2, -0.15) is 5.10 Å². The molecule has 0 atom stereocenters. The molecule has 0 aliphatic heterocycles. The second-order valence-electron chi connectivity index (χ2n) is 4.31. The molecule has 1 amide bonds. The van der Waals surface area contributed by atoms with Crippen LogP contribution in [0, 0.1) is 6.92 Å². The maximum absolute atomic E-state index is 12.2. The average molecular weight is 328 g/mol. The molecular weight excluding hydrogens is 317 g/mol. The molecule has 0 saturated heterocycles.